The molecule has 0 N–H and O–H groups in total. The van der Waals surface area contributed by atoms with Gasteiger partial charge in [0.05, 0.1) is 0 Å². The van der Waals surface area contributed by atoms with Gasteiger partial charge in [0.25, 0.3) is 11.8 Å². The maximum Gasteiger partial charge on any atom is 0.330 e. The Morgan fingerprint density at radius 1 is 1.25 bits per heavy atom. The number of aryl methyl sites for hydroxylation is 1. The molecule has 0 aliphatic rings. The van der Waals surface area contributed by atoms with Gasteiger partial charge in [-0.15, -0.1) is 10.2 Å². The molecule has 0 amide bonds. The smallest absolute Gasteiger partial charge is 0.330 e. The van der Waals surface area contributed by atoms with Gasteiger partial charge in [0.2, 0.25) is 0 Å². The Bertz CT molecular complexity index is 865. The van der Waals surface area contributed by atoms with Crippen molar-refractivity contribution in [3.63, 3.8) is 0 Å². The molecule has 3 rings (SSSR count). The van der Waals surface area contributed by atoms with E-state index in [1.165, 1.54) is 6.08 Å². The first-order valence-corrected chi connectivity index (χ1v) is 7.33. The van der Waals surface area contributed by atoms with E-state index in [-0.39, 0.29) is 18.4 Å². The summed E-state index contributed by atoms with van der Waals surface area (Å²) in [6, 6.07) is 9.56. The topological polar surface area (TPSA) is 91.2 Å². The summed E-state index contributed by atoms with van der Waals surface area (Å²) in [6.07, 6.45) is 2.91. The third kappa shape index (κ3) is 3.24. The molecular weight excluding hydrogens is 310 g/mol. The van der Waals surface area contributed by atoms with Gasteiger partial charge < -0.3 is 13.7 Å². The van der Waals surface area contributed by atoms with E-state index in [2.05, 4.69) is 15.4 Å². The van der Waals surface area contributed by atoms with Gasteiger partial charge in [-0.05, 0) is 13.8 Å². The number of carbonyl (C=O) groups excluding carboxylic acids is 1. The summed E-state index contributed by atoms with van der Waals surface area (Å²) in [5, 5.41) is 12.0. The lowest BCUT2D eigenvalue weighted by Crippen LogP contribution is -2.00. The fraction of sp³-hybridized carbons (Fsp3) is 0.176. The normalized spacial score (nSPS) is 11.1. The third-order valence-electron chi connectivity index (χ3n) is 3.23. The molecule has 2 heterocycles. The molecule has 0 spiro atoms. The highest BCUT2D eigenvalue weighted by Crippen LogP contribution is 2.33. The average Bonchev–Trinajstić information content (AvgIpc) is 3.20. The predicted octanol–water partition coefficient (Wildman–Crippen LogP) is 3.32. The Kier molecular flexibility index (Phi) is 4.51. The molecule has 0 fully saturated rings. The number of benzene rings is 1. The zero-order valence-electron chi connectivity index (χ0n) is 13.2. The number of ether oxygens (including phenoxy) is 1. The van der Waals surface area contributed by atoms with Gasteiger partial charge >= 0.3 is 5.97 Å². The minimum absolute atomic E-state index is 0.0961. The molecule has 0 bridgehead atoms. The minimum Gasteiger partial charge on any atom is -0.452 e. The summed E-state index contributed by atoms with van der Waals surface area (Å²) in [7, 11) is 0. The van der Waals surface area contributed by atoms with E-state index >= 15 is 0 Å². The van der Waals surface area contributed by atoms with Crippen molar-refractivity contribution in [2.75, 3.05) is 0 Å². The average molecular weight is 325 g/mol. The van der Waals surface area contributed by atoms with Crippen LogP contribution in [0.5, 0.6) is 0 Å². The Balaban J connectivity index is 1.86. The molecule has 1 aromatic carbocycles. The van der Waals surface area contributed by atoms with Gasteiger partial charge in [-0.1, -0.05) is 41.6 Å². The van der Waals surface area contributed by atoms with Gasteiger partial charge in [-0.3, -0.25) is 0 Å². The molecular formula is C17H15N3O4. The van der Waals surface area contributed by atoms with Crippen LogP contribution in [-0.2, 0) is 16.1 Å². The summed E-state index contributed by atoms with van der Waals surface area (Å²) in [5.41, 5.74) is 2.12. The highest BCUT2D eigenvalue weighted by molar-refractivity contribution is 5.81. The lowest BCUT2D eigenvalue weighted by Gasteiger charge is -1.98. The molecule has 7 nitrogen and oxygen atoms in total. The van der Waals surface area contributed by atoms with Crippen molar-refractivity contribution in [1.29, 1.82) is 0 Å². The van der Waals surface area contributed by atoms with E-state index in [9.17, 15) is 4.79 Å². The number of nitrogens with zero attached hydrogens (tertiary/aromatic N) is 3. The maximum atomic E-state index is 11.3. The lowest BCUT2D eigenvalue weighted by molar-refractivity contribution is -0.139. The second kappa shape index (κ2) is 6.91. The SMILES string of the molecule is C/C=C/C(=O)OCc1nnc(-c2c(-c3ccccc3)noc2C)o1. The highest BCUT2D eigenvalue weighted by atomic mass is 16.5. The van der Waals surface area contributed by atoms with Gasteiger partial charge in [-0.2, -0.15) is 0 Å². The van der Waals surface area contributed by atoms with Crippen LogP contribution < -0.4 is 0 Å². The van der Waals surface area contributed by atoms with E-state index in [0.717, 1.165) is 5.56 Å². The van der Waals surface area contributed by atoms with E-state index in [1.54, 1.807) is 19.9 Å². The molecule has 24 heavy (non-hydrogen) atoms. The first kappa shape index (κ1) is 15.7. The van der Waals surface area contributed by atoms with Crippen LogP contribution in [0.3, 0.4) is 0 Å². The molecule has 7 heteroatoms. The summed E-state index contributed by atoms with van der Waals surface area (Å²) >= 11 is 0. The van der Waals surface area contributed by atoms with E-state index in [4.69, 9.17) is 13.7 Å². The number of aromatic nitrogens is 3. The molecule has 0 aliphatic heterocycles. The fourth-order valence-corrected chi connectivity index (χ4v) is 2.15. The van der Waals surface area contributed by atoms with Crippen LogP contribution in [0.25, 0.3) is 22.7 Å². The Hall–Kier alpha value is -3.22. The van der Waals surface area contributed by atoms with Gasteiger partial charge in [0, 0.05) is 11.6 Å². The van der Waals surface area contributed by atoms with Crippen LogP contribution in [0.4, 0.5) is 0 Å². The Morgan fingerprint density at radius 2 is 2.04 bits per heavy atom. The first-order chi connectivity index (χ1) is 11.7. The van der Waals surface area contributed by atoms with Gasteiger partial charge in [0.15, 0.2) is 6.61 Å². The van der Waals surface area contributed by atoms with Crippen LogP contribution in [-0.4, -0.2) is 21.3 Å². The largest absolute Gasteiger partial charge is 0.452 e. The molecule has 2 aromatic heterocycles. The van der Waals surface area contributed by atoms with Crippen LogP contribution in [0.2, 0.25) is 0 Å². The predicted molar refractivity (Wildman–Crippen MR) is 84.6 cm³/mol. The maximum absolute atomic E-state index is 11.3. The zero-order chi connectivity index (χ0) is 16.9. The van der Waals surface area contributed by atoms with Crippen LogP contribution in [0, 0.1) is 6.92 Å². The highest BCUT2D eigenvalue weighted by Gasteiger charge is 2.22. The van der Waals surface area contributed by atoms with E-state index < -0.39 is 5.97 Å². The summed E-state index contributed by atoms with van der Waals surface area (Å²) in [6.45, 7) is 3.40. The standard InChI is InChI=1S/C17H15N3O4/c1-3-7-14(21)22-10-13-18-19-17(23-13)15-11(2)24-20-16(15)12-8-5-4-6-9-12/h3-9H,10H2,1-2H3/b7-3+. The second-order valence-electron chi connectivity index (χ2n) is 4.94. The van der Waals surface area contributed by atoms with Crippen molar-refractivity contribution in [3.05, 3.63) is 54.1 Å². The van der Waals surface area contributed by atoms with Crippen molar-refractivity contribution < 1.29 is 18.5 Å². The number of rotatable bonds is 5. The monoisotopic (exact) mass is 325 g/mol. The molecule has 0 saturated heterocycles. The molecule has 0 aliphatic carbocycles. The van der Waals surface area contributed by atoms with E-state index in [1.807, 2.05) is 30.3 Å². The summed E-state index contributed by atoms with van der Waals surface area (Å²) in [4.78, 5) is 11.3. The zero-order valence-corrected chi connectivity index (χ0v) is 13.2. The summed E-state index contributed by atoms with van der Waals surface area (Å²) < 4.78 is 15.8. The number of allylic oxidation sites excluding steroid dienone is 1. The second-order valence-corrected chi connectivity index (χ2v) is 4.94. The number of hydrogen-bond acceptors (Lipinski definition) is 7. The third-order valence-corrected chi connectivity index (χ3v) is 3.23. The quantitative estimate of drug-likeness (QED) is 0.525. The fourth-order valence-electron chi connectivity index (χ4n) is 2.15. The van der Waals surface area contributed by atoms with Crippen LogP contribution >= 0.6 is 0 Å². The lowest BCUT2D eigenvalue weighted by atomic mass is 10.1. The molecule has 122 valence electrons. The molecule has 0 atom stereocenters. The number of carbonyl (C=O) groups is 1. The van der Waals surface area contributed by atoms with Crippen molar-refractivity contribution in [2.24, 2.45) is 0 Å². The van der Waals surface area contributed by atoms with Crippen molar-refractivity contribution in [3.8, 4) is 22.7 Å². The number of hydrogen-bond donors (Lipinski definition) is 0. The molecule has 3 aromatic rings. The van der Waals surface area contributed by atoms with Crippen molar-refractivity contribution in [1.82, 2.24) is 15.4 Å². The van der Waals surface area contributed by atoms with Gasteiger partial charge in [-0.25, -0.2) is 4.79 Å². The Morgan fingerprint density at radius 3 is 2.79 bits per heavy atom. The minimum atomic E-state index is -0.469. The molecule has 0 unspecified atom stereocenters. The van der Waals surface area contributed by atoms with E-state index in [0.29, 0.717) is 17.0 Å². The number of esters is 1. The van der Waals surface area contributed by atoms with Crippen LogP contribution in [0.1, 0.15) is 18.6 Å². The van der Waals surface area contributed by atoms with Crippen LogP contribution in [0.15, 0.2) is 51.4 Å². The van der Waals surface area contributed by atoms with Crippen molar-refractivity contribution >= 4 is 5.97 Å². The van der Waals surface area contributed by atoms with Crippen molar-refractivity contribution in [2.45, 2.75) is 20.5 Å². The first-order valence-electron chi connectivity index (χ1n) is 7.33. The van der Waals surface area contributed by atoms with Gasteiger partial charge in [0.1, 0.15) is 17.0 Å². The summed E-state index contributed by atoms with van der Waals surface area (Å²) in [5.74, 6) is 0.561. The molecule has 0 saturated carbocycles. The Labute approximate surface area is 137 Å². The molecule has 0 radical (unpaired) electrons.